The number of para-hydroxylation sites is 1. The minimum atomic E-state index is 0.845. The van der Waals surface area contributed by atoms with E-state index in [1.165, 1.54) is 27.1 Å². The van der Waals surface area contributed by atoms with E-state index in [9.17, 15) is 0 Å². The smallest absolute Gasteiger partial charge is 0.136 e. The van der Waals surface area contributed by atoms with Gasteiger partial charge in [0.1, 0.15) is 16.7 Å². The highest BCUT2D eigenvalue weighted by Crippen LogP contribution is 2.46. The van der Waals surface area contributed by atoms with Crippen molar-refractivity contribution < 1.29 is 8.83 Å². The summed E-state index contributed by atoms with van der Waals surface area (Å²) in [6.07, 6.45) is 1.87. The first-order valence-corrected chi connectivity index (χ1v) is 16.6. The van der Waals surface area contributed by atoms with Gasteiger partial charge in [0.2, 0.25) is 0 Å². The standard InChI is InChI=1S/C46H29NO2/c1-3-12-30(13-4-1)40-29-48-43-22-11-21-41(46(40)43)47(32-15-5-2-6-16-32)33-25-27-42-39(28-33)45-38(20-10-23-44(45)49-42)36-19-9-18-35-34-17-8-7-14-31(34)24-26-37(35)36/h1-29H. The van der Waals surface area contributed by atoms with Crippen molar-refractivity contribution in [2.75, 3.05) is 4.90 Å². The zero-order chi connectivity index (χ0) is 32.3. The molecule has 2 aromatic heterocycles. The number of furan rings is 2. The Morgan fingerprint density at radius 2 is 1.12 bits per heavy atom. The molecule has 0 aliphatic heterocycles. The summed E-state index contributed by atoms with van der Waals surface area (Å²) in [6, 6.07) is 59.9. The van der Waals surface area contributed by atoms with Crippen LogP contribution in [0.1, 0.15) is 0 Å². The summed E-state index contributed by atoms with van der Waals surface area (Å²) in [6.45, 7) is 0. The molecule has 8 aromatic carbocycles. The fourth-order valence-corrected chi connectivity index (χ4v) is 7.54. The van der Waals surface area contributed by atoms with Crippen LogP contribution in [-0.4, -0.2) is 0 Å². The maximum Gasteiger partial charge on any atom is 0.136 e. The maximum atomic E-state index is 6.54. The summed E-state index contributed by atoms with van der Waals surface area (Å²) in [5.74, 6) is 0. The molecular weight excluding hydrogens is 599 g/mol. The summed E-state index contributed by atoms with van der Waals surface area (Å²) in [4.78, 5) is 2.33. The van der Waals surface area contributed by atoms with E-state index in [2.05, 4.69) is 163 Å². The van der Waals surface area contributed by atoms with Gasteiger partial charge in [-0.25, -0.2) is 0 Å². The first kappa shape index (κ1) is 27.5. The van der Waals surface area contributed by atoms with Gasteiger partial charge in [-0.2, -0.15) is 0 Å². The Hall–Kier alpha value is -6.58. The largest absolute Gasteiger partial charge is 0.464 e. The zero-order valence-electron chi connectivity index (χ0n) is 26.5. The molecule has 49 heavy (non-hydrogen) atoms. The molecule has 0 fully saturated rings. The summed E-state index contributed by atoms with van der Waals surface area (Å²) < 4.78 is 12.7. The second-order valence-corrected chi connectivity index (χ2v) is 12.5. The van der Waals surface area contributed by atoms with Gasteiger partial charge >= 0.3 is 0 Å². The molecule has 3 nitrogen and oxygen atoms in total. The Morgan fingerprint density at radius 3 is 2.02 bits per heavy atom. The van der Waals surface area contributed by atoms with Gasteiger partial charge in [-0.15, -0.1) is 0 Å². The van der Waals surface area contributed by atoms with Crippen LogP contribution in [0.4, 0.5) is 17.1 Å². The van der Waals surface area contributed by atoms with Crippen LogP contribution >= 0.6 is 0 Å². The van der Waals surface area contributed by atoms with Crippen molar-refractivity contribution in [1.29, 1.82) is 0 Å². The van der Waals surface area contributed by atoms with E-state index in [0.29, 0.717) is 0 Å². The summed E-state index contributed by atoms with van der Waals surface area (Å²) in [7, 11) is 0. The SMILES string of the molecule is c1ccc(-c2coc3cccc(N(c4ccccc4)c4ccc5oc6cccc(-c7cccc8c7ccc7ccccc78)c6c5c4)c23)cc1. The second kappa shape index (κ2) is 11.0. The predicted molar refractivity (Wildman–Crippen MR) is 204 cm³/mol. The number of rotatable bonds is 5. The van der Waals surface area contributed by atoms with Gasteiger partial charge < -0.3 is 13.7 Å². The molecule has 0 spiro atoms. The van der Waals surface area contributed by atoms with Crippen molar-refractivity contribution in [3.8, 4) is 22.3 Å². The number of anilines is 3. The minimum absolute atomic E-state index is 0.845. The molecule has 0 radical (unpaired) electrons. The quantitative estimate of drug-likeness (QED) is 0.178. The Labute approximate surface area is 282 Å². The van der Waals surface area contributed by atoms with Crippen LogP contribution < -0.4 is 4.90 Å². The summed E-state index contributed by atoms with van der Waals surface area (Å²) in [5.41, 5.74) is 10.2. The number of hydrogen-bond donors (Lipinski definition) is 0. The van der Waals surface area contributed by atoms with Gasteiger partial charge in [0.15, 0.2) is 0 Å². The first-order valence-electron chi connectivity index (χ1n) is 16.6. The average Bonchev–Trinajstić information content (AvgIpc) is 3.78. The molecule has 0 aliphatic rings. The van der Waals surface area contributed by atoms with Crippen molar-refractivity contribution in [3.63, 3.8) is 0 Å². The van der Waals surface area contributed by atoms with E-state index in [0.717, 1.165) is 66.7 Å². The lowest BCUT2D eigenvalue weighted by Gasteiger charge is -2.26. The highest BCUT2D eigenvalue weighted by Gasteiger charge is 2.22. The topological polar surface area (TPSA) is 29.5 Å². The van der Waals surface area contributed by atoms with E-state index in [1.807, 2.05) is 18.4 Å². The Balaban J connectivity index is 1.23. The lowest BCUT2D eigenvalue weighted by atomic mass is 9.92. The molecule has 0 aliphatic carbocycles. The van der Waals surface area contributed by atoms with Crippen LogP contribution in [0, 0.1) is 0 Å². The third-order valence-corrected chi connectivity index (χ3v) is 9.73. The molecule has 2 heterocycles. The van der Waals surface area contributed by atoms with Gasteiger partial charge in [0.25, 0.3) is 0 Å². The van der Waals surface area contributed by atoms with Crippen LogP contribution in [0.2, 0.25) is 0 Å². The normalized spacial score (nSPS) is 11.7. The molecule has 0 bridgehead atoms. The van der Waals surface area contributed by atoms with Gasteiger partial charge in [-0.3, -0.25) is 0 Å². The Bertz CT molecular complexity index is 2830. The van der Waals surface area contributed by atoms with Gasteiger partial charge in [0, 0.05) is 27.7 Å². The Kier molecular flexibility index (Phi) is 6.18. The highest BCUT2D eigenvalue weighted by molar-refractivity contribution is 6.19. The van der Waals surface area contributed by atoms with E-state index in [-0.39, 0.29) is 0 Å². The van der Waals surface area contributed by atoms with E-state index in [1.54, 1.807) is 0 Å². The second-order valence-electron chi connectivity index (χ2n) is 12.5. The third-order valence-electron chi connectivity index (χ3n) is 9.73. The van der Waals surface area contributed by atoms with Crippen molar-refractivity contribution in [2.24, 2.45) is 0 Å². The molecule has 10 rings (SSSR count). The molecule has 0 N–H and O–H groups in total. The van der Waals surface area contributed by atoms with Crippen LogP contribution in [0.3, 0.4) is 0 Å². The van der Waals surface area contributed by atoms with Crippen molar-refractivity contribution in [1.82, 2.24) is 0 Å². The van der Waals surface area contributed by atoms with E-state index < -0.39 is 0 Å². The van der Waals surface area contributed by atoms with Crippen LogP contribution in [0.25, 0.3) is 76.7 Å². The maximum absolute atomic E-state index is 6.54. The van der Waals surface area contributed by atoms with Crippen molar-refractivity contribution >= 4 is 71.5 Å². The van der Waals surface area contributed by atoms with Crippen LogP contribution in [0.5, 0.6) is 0 Å². The van der Waals surface area contributed by atoms with Crippen molar-refractivity contribution in [2.45, 2.75) is 0 Å². The molecule has 0 atom stereocenters. The number of benzene rings is 8. The molecule has 0 saturated heterocycles. The monoisotopic (exact) mass is 627 g/mol. The van der Waals surface area contributed by atoms with E-state index >= 15 is 0 Å². The lowest BCUT2D eigenvalue weighted by molar-refractivity contribution is 0.617. The molecule has 0 unspecified atom stereocenters. The molecule has 3 heteroatoms. The summed E-state index contributed by atoms with van der Waals surface area (Å²) in [5, 5.41) is 8.23. The van der Waals surface area contributed by atoms with Gasteiger partial charge in [-0.05, 0) is 86.8 Å². The molecular formula is C46H29NO2. The molecule has 0 saturated carbocycles. The third kappa shape index (κ3) is 4.37. The molecule has 0 amide bonds. The predicted octanol–water partition coefficient (Wildman–Crippen LogP) is 13.4. The number of hydrogen-bond acceptors (Lipinski definition) is 3. The van der Waals surface area contributed by atoms with Gasteiger partial charge in [0.05, 0.1) is 17.3 Å². The highest BCUT2D eigenvalue weighted by atomic mass is 16.3. The fraction of sp³-hybridized carbons (Fsp3) is 0. The van der Waals surface area contributed by atoms with Crippen molar-refractivity contribution in [3.05, 3.63) is 176 Å². The zero-order valence-corrected chi connectivity index (χ0v) is 26.5. The fourth-order valence-electron chi connectivity index (χ4n) is 7.54. The number of nitrogens with zero attached hydrogens (tertiary/aromatic N) is 1. The molecule has 10 aromatic rings. The first-order chi connectivity index (χ1) is 24.3. The minimum Gasteiger partial charge on any atom is -0.464 e. The van der Waals surface area contributed by atoms with Crippen LogP contribution in [0.15, 0.2) is 185 Å². The average molecular weight is 628 g/mol. The molecule has 230 valence electrons. The Morgan fingerprint density at radius 1 is 0.388 bits per heavy atom. The summed E-state index contributed by atoms with van der Waals surface area (Å²) >= 11 is 0. The van der Waals surface area contributed by atoms with Crippen LogP contribution in [-0.2, 0) is 0 Å². The lowest BCUT2D eigenvalue weighted by Crippen LogP contribution is -2.10. The van der Waals surface area contributed by atoms with E-state index in [4.69, 9.17) is 8.83 Å². The number of fused-ring (bicyclic) bond motifs is 7. The van der Waals surface area contributed by atoms with Gasteiger partial charge in [-0.1, -0.05) is 121 Å².